The first-order valence-corrected chi connectivity index (χ1v) is 40.0. The second kappa shape index (κ2) is 55.0. The molecular formula is C74H135O24P. The standard InChI is InChI=1S/C74H135O24P/c1-5-8-11-14-17-19-21-23-24-26-28-30-32-38-43-48-59(77)91-53-57-62(80)64(82)69(87)74(95-57)97-71-67(85)65(83)66(84)70(96-73-68(86)63(81)61(79)56(50-75)94-73)72(71)98-99(88,89)92-52-55(51-90-58(76)47-42-37-31-29-27-25-22-20-18-15-12-9-6-2)93-60(78)49-44-39-34-33-36-41-46-54(4)45-40-35-16-13-10-7-3/h19,21,25,27,54-57,61-75,79-87H,5-18,20,22-24,26,28-53H2,1-4H3,(H,88,89)/b21-19-,27-25-. The lowest BCUT2D eigenvalue weighted by Crippen LogP contribution is -2.69. The van der Waals surface area contributed by atoms with Crippen molar-refractivity contribution in [2.24, 2.45) is 5.92 Å². The van der Waals surface area contributed by atoms with Gasteiger partial charge >= 0.3 is 25.7 Å². The summed E-state index contributed by atoms with van der Waals surface area (Å²) in [6.45, 7) is 5.73. The van der Waals surface area contributed by atoms with Gasteiger partial charge in [0.2, 0.25) is 0 Å². The Kier molecular flexibility index (Phi) is 50.3. The van der Waals surface area contributed by atoms with Gasteiger partial charge in [0.15, 0.2) is 18.7 Å². The van der Waals surface area contributed by atoms with Crippen molar-refractivity contribution >= 4 is 25.7 Å². The van der Waals surface area contributed by atoms with Crippen molar-refractivity contribution in [3.05, 3.63) is 24.3 Å². The fourth-order valence-electron chi connectivity index (χ4n) is 12.7. The van der Waals surface area contributed by atoms with Gasteiger partial charge in [0.25, 0.3) is 0 Å². The highest BCUT2D eigenvalue weighted by molar-refractivity contribution is 7.47. The van der Waals surface area contributed by atoms with Gasteiger partial charge in [0.05, 0.1) is 13.2 Å². The Labute approximate surface area is 592 Å². The highest BCUT2D eigenvalue weighted by Gasteiger charge is 2.58. The number of aliphatic hydroxyl groups is 10. The maximum absolute atomic E-state index is 14.3. The summed E-state index contributed by atoms with van der Waals surface area (Å²) >= 11 is 0. The Balaban J connectivity index is 1.74. The first kappa shape index (κ1) is 90.7. The summed E-state index contributed by atoms with van der Waals surface area (Å²) < 4.78 is 65.1. The van der Waals surface area contributed by atoms with Crippen LogP contribution in [0.4, 0.5) is 0 Å². The molecule has 0 aromatic carbocycles. The number of hydrogen-bond donors (Lipinski definition) is 11. The number of carbonyl (C=O) groups excluding carboxylic acids is 3. The summed E-state index contributed by atoms with van der Waals surface area (Å²) in [5.74, 6) is -1.33. The molecule has 1 aliphatic carbocycles. The predicted molar refractivity (Wildman–Crippen MR) is 374 cm³/mol. The molecule has 3 aliphatic rings. The van der Waals surface area contributed by atoms with Crippen LogP contribution >= 0.6 is 7.82 Å². The van der Waals surface area contributed by atoms with Crippen LogP contribution in [-0.2, 0) is 61.2 Å². The SMILES string of the molecule is CCCCCC/C=C\CCCCCCCCCC(=O)OCC1OC(OC2C(O)C(O)C(O)C(OC3OC(CO)C(O)C(O)C3O)C2OP(=O)(O)OCC(COC(=O)CCCCC/C=C\CCCCCCCC)OC(=O)CCCCCCCCC(C)CCCCCCCC)C(O)C(O)C1O. The second-order valence-corrected chi connectivity index (χ2v) is 29.4. The molecule has 3 fully saturated rings. The van der Waals surface area contributed by atoms with E-state index >= 15 is 0 Å². The summed E-state index contributed by atoms with van der Waals surface area (Å²) in [7, 11) is -5.70. The van der Waals surface area contributed by atoms with Crippen LogP contribution in [0, 0.1) is 5.92 Å². The van der Waals surface area contributed by atoms with E-state index in [4.69, 9.17) is 42.2 Å². The Morgan fingerprint density at radius 1 is 0.414 bits per heavy atom. The third-order valence-electron chi connectivity index (χ3n) is 19.1. The molecule has 0 aromatic heterocycles. The molecule has 0 amide bonds. The molecule has 0 spiro atoms. The zero-order chi connectivity index (χ0) is 72.6. The van der Waals surface area contributed by atoms with Crippen molar-refractivity contribution in [1.29, 1.82) is 0 Å². The molecule has 0 aromatic rings. The van der Waals surface area contributed by atoms with Gasteiger partial charge in [-0.15, -0.1) is 0 Å². The maximum Gasteiger partial charge on any atom is 0.472 e. The molecule has 580 valence electrons. The van der Waals surface area contributed by atoms with E-state index in [0.717, 1.165) is 116 Å². The summed E-state index contributed by atoms with van der Waals surface area (Å²) in [4.78, 5) is 51.1. The van der Waals surface area contributed by atoms with Crippen LogP contribution in [0.25, 0.3) is 0 Å². The average molecular weight is 1440 g/mol. The van der Waals surface area contributed by atoms with Crippen LogP contribution in [0.15, 0.2) is 24.3 Å². The molecule has 0 radical (unpaired) electrons. The zero-order valence-electron chi connectivity index (χ0n) is 60.7. The van der Waals surface area contributed by atoms with E-state index in [0.29, 0.717) is 25.2 Å². The van der Waals surface area contributed by atoms with E-state index in [-0.39, 0.29) is 19.3 Å². The number of rotatable bonds is 59. The molecule has 24 nitrogen and oxygen atoms in total. The van der Waals surface area contributed by atoms with Gasteiger partial charge in [-0.2, -0.15) is 0 Å². The van der Waals surface area contributed by atoms with Gasteiger partial charge in [-0.25, -0.2) is 4.57 Å². The van der Waals surface area contributed by atoms with Gasteiger partial charge in [0, 0.05) is 19.3 Å². The number of allylic oxidation sites excluding steroid dienone is 4. The van der Waals surface area contributed by atoms with Gasteiger partial charge in [0.1, 0.15) is 98.7 Å². The summed E-state index contributed by atoms with van der Waals surface area (Å²) in [6, 6.07) is 0. The molecule has 2 saturated heterocycles. The third kappa shape index (κ3) is 38.3. The minimum absolute atomic E-state index is 0.0227. The highest BCUT2D eigenvalue weighted by Crippen LogP contribution is 2.49. The minimum atomic E-state index is -5.70. The maximum atomic E-state index is 14.3. The summed E-state index contributed by atoms with van der Waals surface area (Å²) in [6.07, 6.45) is 13.9. The second-order valence-electron chi connectivity index (χ2n) is 28.0. The van der Waals surface area contributed by atoms with E-state index in [2.05, 4.69) is 52.0 Å². The van der Waals surface area contributed by atoms with Crippen LogP contribution in [-0.4, -0.2) is 204 Å². The van der Waals surface area contributed by atoms with Crippen molar-refractivity contribution < 1.29 is 117 Å². The predicted octanol–water partition coefficient (Wildman–Crippen LogP) is 10.8. The summed E-state index contributed by atoms with van der Waals surface area (Å²) in [5.41, 5.74) is 0. The lowest BCUT2D eigenvalue weighted by Gasteiger charge is -2.49. The van der Waals surface area contributed by atoms with Crippen molar-refractivity contribution in [1.82, 2.24) is 0 Å². The molecule has 19 unspecified atom stereocenters. The van der Waals surface area contributed by atoms with Gasteiger partial charge < -0.3 is 89.1 Å². The van der Waals surface area contributed by atoms with E-state index in [1.165, 1.54) is 109 Å². The van der Waals surface area contributed by atoms with Crippen molar-refractivity contribution in [2.45, 2.75) is 395 Å². The van der Waals surface area contributed by atoms with E-state index < -0.39 is 156 Å². The fourth-order valence-corrected chi connectivity index (χ4v) is 13.7. The lowest BCUT2D eigenvalue weighted by molar-refractivity contribution is -0.360. The molecule has 2 heterocycles. The number of ether oxygens (including phenoxy) is 7. The Bertz CT molecular complexity index is 2160. The number of hydrogen-bond acceptors (Lipinski definition) is 23. The number of aliphatic hydroxyl groups excluding tert-OH is 10. The minimum Gasteiger partial charge on any atom is -0.463 e. The quantitative estimate of drug-likeness (QED) is 0.00886. The van der Waals surface area contributed by atoms with Gasteiger partial charge in [-0.1, -0.05) is 225 Å². The molecule has 25 heteroatoms. The van der Waals surface area contributed by atoms with E-state index in [1.54, 1.807) is 0 Å². The molecule has 19 atom stereocenters. The van der Waals surface area contributed by atoms with Gasteiger partial charge in [-0.05, 0) is 76.5 Å². The average Bonchev–Trinajstić information content (AvgIpc) is 0.762. The monoisotopic (exact) mass is 1440 g/mol. The summed E-state index contributed by atoms with van der Waals surface area (Å²) in [5, 5.41) is 110. The fraction of sp³-hybridized carbons (Fsp3) is 0.905. The molecule has 2 aliphatic heterocycles. The lowest BCUT2D eigenvalue weighted by atomic mass is 9.84. The first-order valence-electron chi connectivity index (χ1n) is 38.5. The van der Waals surface area contributed by atoms with Crippen molar-refractivity contribution in [2.75, 3.05) is 26.4 Å². The molecule has 0 bridgehead atoms. The molecule has 11 N–H and O–H groups in total. The first-order chi connectivity index (χ1) is 47.7. The van der Waals surface area contributed by atoms with Crippen LogP contribution < -0.4 is 0 Å². The van der Waals surface area contributed by atoms with E-state index in [9.17, 15) is 74.9 Å². The molecular weight excluding hydrogens is 1300 g/mol. The number of phosphoric ester groups is 1. The molecule has 99 heavy (non-hydrogen) atoms. The molecule has 3 rings (SSSR count). The Morgan fingerprint density at radius 3 is 1.21 bits per heavy atom. The van der Waals surface area contributed by atoms with Crippen LogP contribution in [0.2, 0.25) is 0 Å². The number of carbonyl (C=O) groups is 3. The van der Waals surface area contributed by atoms with Crippen LogP contribution in [0.3, 0.4) is 0 Å². The van der Waals surface area contributed by atoms with Crippen molar-refractivity contribution in [3.8, 4) is 0 Å². The topological polar surface area (TPSA) is 374 Å². The van der Waals surface area contributed by atoms with Crippen molar-refractivity contribution in [3.63, 3.8) is 0 Å². The highest BCUT2D eigenvalue weighted by atomic mass is 31.2. The largest absolute Gasteiger partial charge is 0.472 e. The third-order valence-corrected chi connectivity index (χ3v) is 20.1. The molecule has 1 saturated carbocycles. The number of phosphoric acid groups is 1. The van der Waals surface area contributed by atoms with Crippen LogP contribution in [0.1, 0.15) is 291 Å². The van der Waals surface area contributed by atoms with E-state index in [1.807, 2.05) is 0 Å². The Hall–Kier alpha value is -2.56. The van der Waals surface area contributed by atoms with Gasteiger partial charge in [-0.3, -0.25) is 23.4 Å². The Morgan fingerprint density at radius 2 is 0.768 bits per heavy atom. The number of esters is 3. The number of unbranched alkanes of at least 4 members (excludes halogenated alkanes) is 30. The zero-order valence-corrected chi connectivity index (χ0v) is 61.6. The normalized spacial score (nSPS) is 27.9. The van der Waals surface area contributed by atoms with Crippen LogP contribution in [0.5, 0.6) is 0 Å². The smallest absolute Gasteiger partial charge is 0.463 e.